The van der Waals surface area contributed by atoms with E-state index in [-0.39, 0.29) is 5.91 Å². The first-order valence-electron chi connectivity index (χ1n) is 6.03. The summed E-state index contributed by atoms with van der Waals surface area (Å²) >= 11 is 5.18. The Kier molecular flexibility index (Phi) is 4.70. The van der Waals surface area contributed by atoms with Crippen molar-refractivity contribution in [3.05, 3.63) is 24.3 Å². The minimum Gasteiger partial charge on any atom is -0.497 e. The van der Waals surface area contributed by atoms with E-state index in [9.17, 15) is 4.79 Å². The molecule has 0 aromatic heterocycles. The molecule has 0 spiro atoms. The maximum atomic E-state index is 12.0. The second kappa shape index (κ2) is 6.49. The van der Waals surface area contributed by atoms with Crippen molar-refractivity contribution in [3.63, 3.8) is 0 Å². The van der Waals surface area contributed by atoms with Gasteiger partial charge in [-0.1, -0.05) is 18.3 Å². The Labute approximate surface area is 117 Å². The zero-order valence-electron chi connectivity index (χ0n) is 10.7. The molecule has 1 heterocycles. The van der Waals surface area contributed by atoms with Gasteiger partial charge >= 0.3 is 0 Å². The Hall–Kier alpha value is -1.66. The van der Waals surface area contributed by atoms with Crippen LogP contribution in [0, 0.1) is 0 Å². The third-order valence-corrected chi connectivity index (χ3v) is 3.26. The molecule has 0 saturated carbocycles. The lowest BCUT2D eigenvalue weighted by Crippen LogP contribution is -2.44. The van der Waals surface area contributed by atoms with Crippen molar-refractivity contribution in [2.24, 2.45) is 0 Å². The SMILES string of the molecule is COc1cccc(NC(=O)C(=S)N2CCOCC2)c1. The fourth-order valence-corrected chi connectivity index (χ4v) is 2.03. The fourth-order valence-electron chi connectivity index (χ4n) is 1.80. The zero-order valence-corrected chi connectivity index (χ0v) is 11.5. The number of amides is 1. The lowest BCUT2D eigenvalue weighted by molar-refractivity contribution is -0.111. The summed E-state index contributed by atoms with van der Waals surface area (Å²) < 4.78 is 10.3. The topological polar surface area (TPSA) is 50.8 Å². The number of methoxy groups -OCH3 is 1. The van der Waals surface area contributed by atoms with Crippen molar-refractivity contribution in [2.75, 3.05) is 38.7 Å². The maximum Gasteiger partial charge on any atom is 0.283 e. The van der Waals surface area contributed by atoms with Gasteiger partial charge in [-0.3, -0.25) is 4.79 Å². The molecule has 1 aromatic carbocycles. The quantitative estimate of drug-likeness (QED) is 0.827. The normalized spacial score (nSPS) is 14.9. The molecule has 1 saturated heterocycles. The van der Waals surface area contributed by atoms with Crippen LogP contribution in [0.4, 0.5) is 5.69 Å². The Balaban J connectivity index is 1.97. The van der Waals surface area contributed by atoms with Gasteiger partial charge in [0.25, 0.3) is 5.91 Å². The van der Waals surface area contributed by atoms with E-state index in [0.29, 0.717) is 42.7 Å². The standard InChI is InChI=1S/C13H16N2O3S/c1-17-11-4-2-3-10(9-11)14-12(16)13(19)15-5-7-18-8-6-15/h2-4,9H,5-8H2,1H3,(H,14,16). The smallest absolute Gasteiger partial charge is 0.283 e. The Morgan fingerprint density at radius 1 is 1.42 bits per heavy atom. The van der Waals surface area contributed by atoms with Gasteiger partial charge in [0.1, 0.15) is 5.75 Å². The molecule has 6 heteroatoms. The number of thiocarbonyl (C=S) groups is 1. The molecule has 1 aromatic rings. The fraction of sp³-hybridized carbons (Fsp3) is 0.385. The van der Waals surface area contributed by atoms with Crippen molar-refractivity contribution in [3.8, 4) is 5.75 Å². The molecule has 1 amide bonds. The summed E-state index contributed by atoms with van der Waals surface area (Å²) in [6, 6.07) is 7.17. The lowest BCUT2D eigenvalue weighted by Gasteiger charge is -2.28. The molecule has 0 unspecified atom stereocenters. The summed E-state index contributed by atoms with van der Waals surface area (Å²) in [5.74, 6) is 0.417. The summed E-state index contributed by atoms with van der Waals surface area (Å²) in [6.07, 6.45) is 0. The highest BCUT2D eigenvalue weighted by molar-refractivity contribution is 7.82. The molecule has 0 aliphatic carbocycles. The van der Waals surface area contributed by atoms with Crippen LogP contribution in [0.25, 0.3) is 0 Å². The van der Waals surface area contributed by atoms with Crippen LogP contribution in [-0.4, -0.2) is 49.2 Å². The maximum absolute atomic E-state index is 12.0. The molecule has 1 aliphatic rings. The van der Waals surface area contributed by atoms with E-state index in [1.54, 1.807) is 19.2 Å². The highest BCUT2D eigenvalue weighted by atomic mass is 32.1. The van der Waals surface area contributed by atoms with Crippen LogP contribution in [0.15, 0.2) is 24.3 Å². The second-order valence-electron chi connectivity index (χ2n) is 4.09. The number of ether oxygens (including phenoxy) is 2. The number of hydrogen-bond acceptors (Lipinski definition) is 4. The first kappa shape index (κ1) is 13.8. The molecule has 102 valence electrons. The van der Waals surface area contributed by atoms with Crippen molar-refractivity contribution in [1.29, 1.82) is 0 Å². The van der Waals surface area contributed by atoms with Gasteiger partial charge in [0.05, 0.1) is 20.3 Å². The minimum absolute atomic E-state index is 0.273. The van der Waals surface area contributed by atoms with Gasteiger partial charge in [-0.15, -0.1) is 0 Å². The number of carbonyl (C=O) groups is 1. The van der Waals surface area contributed by atoms with Crippen LogP contribution in [0.1, 0.15) is 0 Å². The molecule has 2 rings (SSSR count). The largest absolute Gasteiger partial charge is 0.497 e. The molecule has 5 nitrogen and oxygen atoms in total. The molecule has 0 atom stereocenters. The van der Waals surface area contributed by atoms with Crippen molar-refractivity contribution in [1.82, 2.24) is 4.90 Å². The van der Waals surface area contributed by atoms with Crippen LogP contribution >= 0.6 is 12.2 Å². The minimum atomic E-state index is -0.273. The average molecular weight is 280 g/mol. The predicted octanol–water partition coefficient (Wildman–Crippen LogP) is 1.29. The monoisotopic (exact) mass is 280 g/mol. The van der Waals surface area contributed by atoms with Gasteiger partial charge in [-0.05, 0) is 12.1 Å². The Morgan fingerprint density at radius 2 is 2.16 bits per heavy atom. The Morgan fingerprint density at radius 3 is 2.84 bits per heavy atom. The first-order chi connectivity index (χ1) is 9.20. The summed E-state index contributed by atoms with van der Waals surface area (Å²) in [7, 11) is 1.58. The van der Waals surface area contributed by atoms with Crippen LogP contribution in [0.2, 0.25) is 0 Å². The number of nitrogens with one attached hydrogen (secondary N) is 1. The number of nitrogens with zero attached hydrogens (tertiary/aromatic N) is 1. The van der Waals surface area contributed by atoms with Crippen molar-refractivity contribution in [2.45, 2.75) is 0 Å². The van der Waals surface area contributed by atoms with E-state index in [1.165, 1.54) is 0 Å². The van der Waals surface area contributed by atoms with Gasteiger partial charge in [-0.2, -0.15) is 0 Å². The van der Waals surface area contributed by atoms with Crippen LogP contribution < -0.4 is 10.1 Å². The second-order valence-corrected chi connectivity index (χ2v) is 4.48. The number of rotatable bonds is 2. The molecule has 1 N–H and O–H groups in total. The molecule has 1 aliphatic heterocycles. The van der Waals surface area contributed by atoms with E-state index >= 15 is 0 Å². The van der Waals surface area contributed by atoms with Gasteiger partial charge < -0.3 is 19.7 Å². The number of anilines is 1. The molecular formula is C13H16N2O3S. The molecule has 0 radical (unpaired) electrons. The van der Waals surface area contributed by atoms with Gasteiger partial charge in [0, 0.05) is 24.8 Å². The van der Waals surface area contributed by atoms with E-state index in [4.69, 9.17) is 21.7 Å². The number of carbonyl (C=O) groups excluding carboxylic acids is 1. The molecular weight excluding hydrogens is 264 g/mol. The summed E-state index contributed by atoms with van der Waals surface area (Å²) in [5.41, 5.74) is 0.667. The van der Waals surface area contributed by atoms with E-state index < -0.39 is 0 Å². The first-order valence-corrected chi connectivity index (χ1v) is 6.43. The highest BCUT2D eigenvalue weighted by Crippen LogP contribution is 2.16. The van der Waals surface area contributed by atoms with Gasteiger partial charge in [0.15, 0.2) is 4.99 Å². The lowest BCUT2D eigenvalue weighted by atomic mass is 10.3. The van der Waals surface area contributed by atoms with Crippen LogP contribution in [0.5, 0.6) is 5.75 Å². The number of hydrogen-bond donors (Lipinski definition) is 1. The summed E-state index contributed by atoms with van der Waals surface area (Å²) in [5, 5.41) is 2.77. The zero-order chi connectivity index (χ0) is 13.7. The van der Waals surface area contributed by atoms with Crippen molar-refractivity contribution < 1.29 is 14.3 Å². The number of morpholine rings is 1. The van der Waals surface area contributed by atoms with Gasteiger partial charge in [-0.25, -0.2) is 0 Å². The molecule has 0 bridgehead atoms. The van der Waals surface area contributed by atoms with E-state index in [1.807, 2.05) is 17.0 Å². The highest BCUT2D eigenvalue weighted by Gasteiger charge is 2.19. The van der Waals surface area contributed by atoms with Crippen LogP contribution in [0.3, 0.4) is 0 Å². The molecule has 1 fully saturated rings. The average Bonchev–Trinajstić information content (AvgIpc) is 2.47. The third-order valence-electron chi connectivity index (χ3n) is 2.82. The Bertz CT molecular complexity index is 473. The van der Waals surface area contributed by atoms with E-state index in [2.05, 4.69) is 5.32 Å². The number of benzene rings is 1. The predicted molar refractivity (Wildman–Crippen MR) is 76.6 cm³/mol. The third kappa shape index (κ3) is 3.65. The summed E-state index contributed by atoms with van der Waals surface area (Å²) in [6.45, 7) is 2.52. The van der Waals surface area contributed by atoms with E-state index in [0.717, 1.165) is 0 Å². The van der Waals surface area contributed by atoms with Crippen LogP contribution in [-0.2, 0) is 9.53 Å². The van der Waals surface area contributed by atoms with Crippen molar-refractivity contribution >= 4 is 28.8 Å². The summed E-state index contributed by atoms with van der Waals surface area (Å²) in [4.78, 5) is 14.2. The molecule has 19 heavy (non-hydrogen) atoms. The van der Waals surface area contributed by atoms with Gasteiger partial charge in [0.2, 0.25) is 0 Å².